The minimum Gasteiger partial charge on any atom is -0.327 e. The van der Waals surface area contributed by atoms with Gasteiger partial charge < -0.3 is 5.73 Å². The normalized spacial score (nSPS) is 12.4. The molecule has 0 aliphatic rings. The van der Waals surface area contributed by atoms with Gasteiger partial charge in [0.2, 0.25) is 0 Å². The first kappa shape index (κ1) is 15.4. The number of rotatable bonds is 5. The van der Waals surface area contributed by atoms with Crippen LogP contribution in [0.15, 0.2) is 46.5 Å². The number of hydrogen-bond acceptors (Lipinski definition) is 3. The predicted molar refractivity (Wildman–Crippen MR) is 86.5 cm³/mol. The molecule has 0 aliphatic heterocycles. The Morgan fingerprint density at radius 3 is 2.80 bits per heavy atom. The number of benzene rings is 1. The van der Waals surface area contributed by atoms with Gasteiger partial charge in [-0.1, -0.05) is 42.4 Å². The predicted octanol–water partition coefficient (Wildman–Crippen LogP) is 4.47. The lowest BCUT2D eigenvalue weighted by Gasteiger charge is -2.11. The van der Waals surface area contributed by atoms with Gasteiger partial charge in [0.1, 0.15) is 5.03 Å². The third-order valence-electron chi connectivity index (χ3n) is 3.19. The van der Waals surface area contributed by atoms with Crippen LogP contribution >= 0.6 is 23.4 Å². The van der Waals surface area contributed by atoms with Crippen molar-refractivity contribution in [3.05, 3.63) is 52.7 Å². The van der Waals surface area contributed by atoms with Crippen molar-refractivity contribution in [2.75, 3.05) is 0 Å². The number of aromatic nitrogens is 1. The fourth-order valence-electron chi connectivity index (χ4n) is 1.95. The molecule has 0 amide bonds. The van der Waals surface area contributed by atoms with Crippen molar-refractivity contribution >= 4 is 23.4 Å². The van der Waals surface area contributed by atoms with Crippen molar-refractivity contribution in [1.82, 2.24) is 4.98 Å². The highest BCUT2D eigenvalue weighted by molar-refractivity contribution is 7.99. The van der Waals surface area contributed by atoms with E-state index in [1.807, 2.05) is 12.1 Å². The molecular formula is C16H19ClN2S. The molecule has 20 heavy (non-hydrogen) atoms. The molecular weight excluding hydrogens is 288 g/mol. The lowest BCUT2D eigenvalue weighted by atomic mass is 10.0. The summed E-state index contributed by atoms with van der Waals surface area (Å²) in [7, 11) is 0. The van der Waals surface area contributed by atoms with E-state index < -0.39 is 0 Å². The van der Waals surface area contributed by atoms with Gasteiger partial charge in [-0.15, -0.1) is 0 Å². The second-order valence-corrected chi connectivity index (χ2v) is 6.30. The highest BCUT2D eigenvalue weighted by atomic mass is 35.5. The molecule has 1 unspecified atom stereocenters. The Bertz CT molecular complexity index is 586. The summed E-state index contributed by atoms with van der Waals surface area (Å²) < 4.78 is 0. The monoisotopic (exact) mass is 306 g/mol. The minimum atomic E-state index is 0.234. The molecule has 0 saturated heterocycles. The zero-order valence-corrected chi connectivity index (χ0v) is 13.3. The SMILES string of the molecule is CCC(N)Cc1ccc(Sc2ncccc2Cl)c(C)c1. The van der Waals surface area contributed by atoms with Crippen molar-refractivity contribution in [3.8, 4) is 0 Å². The van der Waals surface area contributed by atoms with Gasteiger partial charge in [0.15, 0.2) is 0 Å². The summed E-state index contributed by atoms with van der Waals surface area (Å²) in [6, 6.07) is 10.4. The van der Waals surface area contributed by atoms with Crippen LogP contribution in [0, 0.1) is 6.92 Å². The first-order chi connectivity index (χ1) is 9.60. The van der Waals surface area contributed by atoms with Crippen LogP contribution in [0.3, 0.4) is 0 Å². The van der Waals surface area contributed by atoms with Gasteiger partial charge in [-0.2, -0.15) is 0 Å². The first-order valence-electron chi connectivity index (χ1n) is 6.73. The Hall–Kier alpha value is -1.03. The molecule has 0 spiro atoms. The largest absolute Gasteiger partial charge is 0.327 e. The molecule has 1 aromatic heterocycles. The molecule has 2 N–H and O–H groups in total. The second-order valence-electron chi connectivity index (χ2n) is 4.86. The average Bonchev–Trinajstić information content (AvgIpc) is 2.44. The van der Waals surface area contributed by atoms with E-state index in [1.54, 1.807) is 18.0 Å². The molecule has 0 fully saturated rings. The molecule has 2 aromatic rings. The summed E-state index contributed by atoms with van der Waals surface area (Å²) in [5, 5.41) is 1.53. The minimum absolute atomic E-state index is 0.234. The summed E-state index contributed by atoms with van der Waals surface area (Å²) >= 11 is 7.75. The van der Waals surface area contributed by atoms with Crippen LogP contribution in [0.1, 0.15) is 24.5 Å². The van der Waals surface area contributed by atoms with E-state index in [1.165, 1.54) is 16.0 Å². The highest BCUT2D eigenvalue weighted by Gasteiger charge is 2.08. The van der Waals surface area contributed by atoms with Crippen LogP contribution < -0.4 is 5.73 Å². The van der Waals surface area contributed by atoms with Gasteiger partial charge in [0, 0.05) is 17.1 Å². The van der Waals surface area contributed by atoms with Crippen LogP contribution in [-0.2, 0) is 6.42 Å². The van der Waals surface area contributed by atoms with Crippen molar-refractivity contribution in [3.63, 3.8) is 0 Å². The maximum absolute atomic E-state index is 6.15. The summed E-state index contributed by atoms with van der Waals surface area (Å²) in [5.41, 5.74) is 8.52. The third kappa shape index (κ3) is 3.98. The number of aryl methyl sites for hydroxylation is 1. The van der Waals surface area contributed by atoms with Crippen molar-refractivity contribution in [1.29, 1.82) is 0 Å². The Morgan fingerprint density at radius 1 is 1.35 bits per heavy atom. The number of pyridine rings is 1. The Balaban J connectivity index is 2.16. The average molecular weight is 307 g/mol. The van der Waals surface area contributed by atoms with E-state index >= 15 is 0 Å². The molecule has 2 rings (SSSR count). The molecule has 0 saturated carbocycles. The summed E-state index contributed by atoms with van der Waals surface area (Å²) in [5.74, 6) is 0. The molecule has 0 bridgehead atoms. The van der Waals surface area contributed by atoms with Gasteiger partial charge in [0.25, 0.3) is 0 Å². The number of nitrogens with zero attached hydrogens (tertiary/aromatic N) is 1. The van der Waals surface area contributed by atoms with Crippen molar-refractivity contribution in [2.45, 2.75) is 42.7 Å². The zero-order valence-electron chi connectivity index (χ0n) is 11.8. The molecule has 2 nitrogen and oxygen atoms in total. The molecule has 1 heterocycles. The second kappa shape index (κ2) is 7.11. The van der Waals surface area contributed by atoms with Gasteiger partial charge in [-0.05, 0) is 49.1 Å². The van der Waals surface area contributed by atoms with Crippen LogP contribution in [0.2, 0.25) is 5.02 Å². The lowest BCUT2D eigenvalue weighted by Crippen LogP contribution is -2.21. The fourth-order valence-corrected chi connectivity index (χ4v) is 3.03. The Kier molecular flexibility index (Phi) is 5.46. The van der Waals surface area contributed by atoms with E-state index in [0.29, 0.717) is 5.02 Å². The van der Waals surface area contributed by atoms with Gasteiger partial charge in [-0.25, -0.2) is 4.98 Å². The Labute approximate surface area is 129 Å². The summed E-state index contributed by atoms with van der Waals surface area (Å²) in [6.07, 6.45) is 3.68. The summed E-state index contributed by atoms with van der Waals surface area (Å²) in [6.45, 7) is 4.23. The molecule has 4 heteroatoms. The zero-order chi connectivity index (χ0) is 14.5. The van der Waals surface area contributed by atoms with Gasteiger partial charge in [-0.3, -0.25) is 0 Å². The smallest absolute Gasteiger partial charge is 0.119 e. The number of nitrogens with two attached hydrogens (primary N) is 1. The van der Waals surface area contributed by atoms with Crippen molar-refractivity contribution in [2.24, 2.45) is 5.73 Å². The molecule has 0 radical (unpaired) electrons. The van der Waals surface area contributed by atoms with Crippen LogP contribution in [-0.4, -0.2) is 11.0 Å². The maximum atomic E-state index is 6.15. The maximum Gasteiger partial charge on any atom is 0.119 e. The van der Waals surface area contributed by atoms with E-state index in [9.17, 15) is 0 Å². The van der Waals surface area contributed by atoms with E-state index in [-0.39, 0.29) is 6.04 Å². The molecule has 0 aliphatic carbocycles. The van der Waals surface area contributed by atoms with E-state index in [4.69, 9.17) is 17.3 Å². The summed E-state index contributed by atoms with van der Waals surface area (Å²) in [4.78, 5) is 5.49. The van der Waals surface area contributed by atoms with Crippen LogP contribution in [0.25, 0.3) is 0 Å². The molecule has 1 atom stereocenters. The number of halogens is 1. The van der Waals surface area contributed by atoms with Gasteiger partial charge in [0.05, 0.1) is 5.02 Å². The van der Waals surface area contributed by atoms with Gasteiger partial charge >= 0.3 is 0 Å². The van der Waals surface area contributed by atoms with Crippen LogP contribution in [0.4, 0.5) is 0 Å². The van der Waals surface area contributed by atoms with E-state index in [2.05, 4.69) is 37.0 Å². The quantitative estimate of drug-likeness (QED) is 0.885. The lowest BCUT2D eigenvalue weighted by molar-refractivity contribution is 0.646. The Morgan fingerprint density at radius 2 is 2.15 bits per heavy atom. The van der Waals surface area contributed by atoms with Crippen molar-refractivity contribution < 1.29 is 0 Å². The number of hydrogen-bond donors (Lipinski definition) is 1. The third-order valence-corrected chi connectivity index (χ3v) is 4.81. The fraction of sp³-hybridized carbons (Fsp3) is 0.312. The molecule has 1 aromatic carbocycles. The van der Waals surface area contributed by atoms with Crippen LogP contribution in [0.5, 0.6) is 0 Å². The topological polar surface area (TPSA) is 38.9 Å². The highest BCUT2D eigenvalue weighted by Crippen LogP contribution is 2.33. The van der Waals surface area contributed by atoms with E-state index in [0.717, 1.165) is 17.9 Å². The standard InChI is InChI=1S/C16H19ClN2S/c1-3-13(18)10-12-6-7-15(11(2)9-12)20-16-14(17)5-4-8-19-16/h4-9,13H,3,10,18H2,1-2H3. The molecule has 106 valence electrons. The first-order valence-corrected chi connectivity index (χ1v) is 7.93.